The fraction of sp³-hybridized carbons (Fsp3) is 0.650. The highest BCUT2D eigenvalue weighted by atomic mass is 16.5. The summed E-state index contributed by atoms with van der Waals surface area (Å²) < 4.78 is 10.8. The standard InChI is InChI=1S/C20H32N2O3/c1-13(2)22-20(23)15-7-6-8-17(10-15)21-12-16-11-19(25-5)18(24-4)9-14(16)3/h9,11,13,15,17,21H,6-8,10,12H2,1-5H3,(H,22,23). The van der Waals surface area contributed by atoms with E-state index in [9.17, 15) is 4.79 Å². The third-order valence-corrected chi connectivity index (χ3v) is 4.90. The largest absolute Gasteiger partial charge is 0.493 e. The van der Waals surface area contributed by atoms with Crippen LogP contribution in [0.5, 0.6) is 11.5 Å². The molecule has 2 rings (SSSR count). The fourth-order valence-corrected chi connectivity index (χ4v) is 3.48. The molecule has 1 saturated carbocycles. The second-order valence-electron chi connectivity index (χ2n) is 7.24. The van der Waals surface area contributed by atoms with Crippen molar-refractivity contribution in [1.29, 1.82) is 0 Å². The number of rotatable bonds is 7. The maximum atomic E-state index is 12.3. The number of carbonyl (C=O) groups excluding carboxylic acids is 1. The number of benzene rings is 1. The van der Waals surface area contributed by atoms with Gasteiger partial charge in [-0.2, -0.15) is 0 Å². The van der Waals surface area contributed by atoms with Gasteiger partial charge in [-0.15, -0.1) is 0 Å². The molecular formula is C20H32N2O3. The monoisotopic (exact) mass is 348 g/mol. The van der Waals surface area contributed by atoms with Crippen molar-refractivity contribution >= 4 is 5.91 Å². The van der Waals surface area contributed by atoms with Crippen LogP contribution in [0.4, 0.5) is 0 Å². The van der Waals surface area contributed by atoms with Crippen LogP contribution in [0, 0.1) is 12.8 Å². The highest BCUT2D eigenvalue weighted by Gasteiger charge is 2.27. The van der Waals surface area contributed by atoms with Crippen molar-refractivity contribution in [2.24, 2.45) is 5.92 Å². The topological polar surface area (TPSA) is 59.6 Å². The Kier molecular flexibility index (Phi) is 7.12. The molecule has 0 saturated heterocycles. The lowest BCUT2D eigenvalue weighted by molar-refractivity contribution is -0.126. The first-order chi connectivity index (χ1) is 11.9. The number of ether oxygens (including phenoxy) is 2. The summed E-state index contributed by atoms with van der Waals surface area (Å²) in [4.78, 5) is 12.3. The number of carbonyl (C=O) groups is 1. The summed E-state index contributed by atoms with van der Waals surface area (Å²) in [5.74, 6) is 1.83. The summed E-state index contributed by atoms with van der Waals surface area (Å²) in [5, 5.41) is 6.68. The van der Waals surface area contributed by atoms with Gasteiger partial charge in [0.05, 0.1) is 14.2 Å². The average Bonchev–Trinajstić information content (AvgIpc) is 2.60. The maximum absolute atomic E-state index is 12.3. The molecule has 1 aliphatic carbocycles. The van der Waals surface area contributed by atoms with Gasteiger partial charge in [0.25, 0.3) is 0 Å². The summed E-state index contributed by atoms with van der Waals surface area (Å²) in [5.41, 5.74) is 2.38. The van der Waals surface area contributed by atoms with E-state index < -0.39 is 0 Å². The Bertz CT molecular complexity index is 587. The smallest absolute Gasteiger partial charge is 0.223 e. The molecule has 0 heterocycles. The van der Waals surface area contributed by atoms with Crippen LogP contribution in [0.25, 0.3) is 0 Å². The predicted octanol–water partition coefficient (Wildman–Crippen LogP) is 3.19. The van der Waals surface area contributed by atoms with Crippen molar-refractivity contribution in [3.63, 3.8) is 0 Å². The first-order valence-electron chi connectivity index (χ1n) is 9.19. The van der Waals surface area contributed by atoms with E-state index in [1.54, 1.807) is 14.2 Å². The lowest BCUT2D eigenvalue weighted by Crippen LogP contribution is -2.42. The molecule has 0 spiro atoms. The molecule has 0 radical (unpaired) electrons. The SMILES string of the molecule is COc1cc(C)c(CNC2CCCC(C(=O)NC(C)C)C2)cc1OC. The first-order valence-corrected chi connectivity index (χ1v) is 9.19. The van der Waals surface area contributed by atoms with Crippen LogP contribution in [-0.2, 0) is 11.3 Å². The molecule has 1 fully saturated rings. The first kappa shape index (κ1) is 19.6. The van der Waals surface area contributed by atoms with Crippen LogP contribution in [0.15, 0.2) is 12.1 Å². The zero-order valence-electron chi connectivity index (χ0n) is 16.1. The molecule has 25 heavy (non-hydrogen) atoms. The highest BCUT2D eigenvalue weighted by molar-refractivity contribution is 5.79. The summed E-state index contributed by atoms with van der Waals surface area (Å²) in [6, 6.07) is 4.63. The molecule has 2 unspecified atom stereocenters. The number of hydrogen-bond acceptors (Lipinski definition) is 4. The van der Waals surface area contributed by atoms with E-state index >= 15 is 0 Å². The third kappa shape index (κ3) is 5.36. The Hall–Kier alpha value is -1.75. The number of aryl methyl sites for hydroxylation is 1. The highest BCUT2D eigenvalue weighted by Crippen LogP contribution is 2.31. The summed E-state index contributed by atoms with van der Waals surface area (Å²) in [6.45, 7) is 6.88. The Morgan fingerprint density at radius 1 is 1.20 bits per heavy atom. The summed E-state index contributed by atoms with van der Waals surface area (Å²) >= 11 is 0. The zero-order valence-corrected chi connectivity index (χ0v) is 16.1. The molecule has 1 aromatic rings. The van der Waals surface area contributed by atoms with E-state index in [0.717, 1.165) is 43.7 Å². The van der Waals surface area contributed by atoms with Crippen LogP contribution in [0.3, 0.4) is 0 Å². The Labute approximate surface area is 151 Å². The molecule has 5 nitrogen and oxygen atoms in total. The van der Waals surface area contributed by atoms with E-state index in [-0.39, 0.29) is 17.9 Å². The molecule has 5 heteroatoms. The van der Waals surface area contributed by atoms with Crippen molar-refractivity contribution in [2.75, 3.05) is 14.2 Å². The van der Waals surface area contributed by atoms with Gasteiger partial charge in [-0.1, -0.05) is 6.42 Å². The second-order valence-corrected chi connectivity index (χ2v) is 7.24. The predicted molar refractivity (Wildman–Crippen MR) is 100 cm³/mol. The van der Waals surface area contributed by atoms with Gasteiger partial charge in [0.1, 0.15) is 0 Å². The fourth-order valence-electron chi connectivity index (χ4n) is 3.48. The lowest BCUT2D eigenvalue weighted by Gasteiger charge is -2.30. The van der Waals surface area contributed by atoms with E-state index in [0.29, 0.717) is 6.04 Å². The number of hydrogen-bond donors (Lipinski definition) is 2. The molecule has 2 N–H and O–H groups in total. The Morgan fingerprint density at radius 3 is 2.52 bits per heavy atom. The van der Waals surface area contributed by atoms with Gasteiger partial charge in [0, 0.05) is 24.5 Å². The minimum absolute atomic E-state index is 0.125. The van der Waals surface area contributed by atoms with E-state index in [1.165, 1.54) is 11.1 Å². The Balaban J connectivity index is 1.95. The normalized spacial score (nSPS) is 20.4. The van der Waals surface area contributed by atoms with Gasteiger partial charge in [0.2, 0.25) is 5.91 Å². The minimum Gasteiger partial charge on any atom is -0.493 e. The van der Waals surface area contributed by atoms with Crippen molar-refractivity contribution in [2.45, 2.75) is 65.1 Å². The minimum atomic E-state index is 0.125. The number of methoxy groups -OCH3 is 2. The van der Waals surface area contributed by atoms with Gasteiger partial charge in [0.15, 0.2) is 11.5 Å². The van der Waals surface area contributed by atoms with Gasteiger partial charge in [-0.05, 0) is 63.3 Å². The molecule has 1 aliphatic rings. The molecule has 2 atom stereocenters. The van der Waals surface area contributed by atoms with Gasteiger partial charge < -0.3 is 20.1 Å². The molecule has 1 aromatic carbocycles. The Morgan fingerprint density at radius 2 is 1.88 bits per heavy atom. The third-order valence-electron chi connectivity index (χ3n) is 4.90. The van der Waals surface area contributed by atoms with Crippen LogP contribution in [0.1, 0.15) is 50.7 Å². The number of amides is 1. The molecular weight excluding hydrogens is 316 g/mol. The molecule has 0 aliphatic heterocycles. The maximum Gasteiger partial charge on any atom is 0.223 e. The number of nitrogens with one attached hydrogen (secondary N) is 2. The average molecular weight is 348 g/mol. The van der Waals surface area contributed by atoms with Crippen molar-refractivity contribution in [3.05, 3.63) is 23.3 Å². The quantitative estimate of drug-likeness (QED) is 0.794. The second kappa shape index (κ2) is 9.09. The molecule has 0 aromatic heterocycles. The molecule has 140 valence electrons. The summed E-state index contributed by atoms with van der Waals surface area (Å²) in [7, 11) is 3.31. The van der Waals surface area contributed by atoms with Crippen molar-refractivity contribution in [1.82, 2.24) is 10.6 Å². The van der Waals surface area contributed by atoms with E-state index in [2.05, 4.69) is 17.6 Å². The van der Waals surface area contributed by atoms with E-state index in [1.807, 2.05) is 26.0 Å². The van der Waals surface area contributed by atoms with Gasteiger partial charge in [-0.3, -0.25) is 4.79 Å². The summed E-state index contributed by atoms with van der Waals surface area (Å²) in [6.07, 6.45) is 4.12. The van der Waals surface area contributed by atoms with Crippen LogP contribution >= 0.6 is 0 Å². The zero-order chi connectivity index (χ0) is 18.4. The van der Waals surface area contributed by atoms with Crippen LogP contribution < -0.4 is 20.1 Å². The van der Waals surface area contributed by atoms with Gasteiger partial charge in [-0.25, -0.2) is 0 Å². The van der Waals surface area contributed by atoms with Crippen LogP contribution in [-0.4, -0.2) is 32.2 Å². The lowest BCUT2D eigenvalue weighted by atomic mass is 9.85. The van der Waals surface area contributed by atoms with Crippen molar-refractivity contribution in [3.8, 4) is 11.5 Å². The van der Waals surface area contributed by atoms with Gasteiger partial charge >= 0.3 is 0 Å². The van der Waals surface area contributed by atoms with E-state index in [4.69, 9.17) is 9.47 Å². The van der Waals surface area contributed by atoms with Crippen molar-refractivity contribution < 1.29 is 14.3 Å². The van der Waals surface area contributed by atoms with Crippen LogP contribution in [0.2, 0.25) is 0 Å². The molecule has 1 amide bonds. The molecule has 0 bridgehead atoms.